The lowest BCUT2D eigenvalue weighted by Gasteiger charge is -2.42. The lowest BCUT2D eigenvalue weighted by molar-refractivity contribution is -0.332. The van der Waals surface area contributed by atoms with E-state index in [1.807, 2.05) is 6.08 Å². The van der Waals surface area contributed by atoms with E-state index in [9.17, 15) is 45.3 Å². The molecule has 0 aromatic carbocycles. The number of hydrogen-bond donors (Lipinski definition) is 7. The van der Waals surface area contributed by atoms with Gasteiger partial charge in [-0.15, -0.1) is 0 Å². The van der Waals surface area contributed by atoms with Gasteiger partial charge >= 0.3 is 11.9 Å². The predicted octanol–water partition coefficient (Wildman–Crippen LogP) is 7.49. The van der Waals surface area contributed by atoms with Crippen LogP contribution in [0.4, 0.5) is 0 Å². The zero-order valence-electron chi connectivity index (χ0n) is 41.6. The van der Waals surface area contributed by atoms with Crippen molar-refractivity contribution in [1.82, 2.24) is 0 Å². The van der Waals surface area contributed by atoms with Crippen molar-refractivity contribution in [3.8, 4) is 0 Å². The molecule has 0 radical (unpaired) electrons. The number of carbonyl (C=O) groups excluding carboxylic acids is 2. The molecular formula is C53H92O15. The van der Waals surface area contributed by atoms with E-state index in [0.717, 1.165) is 51.4 Å². The molecule has 0 bridgehead atoms. The lowest BCUT2D eigenvalue weighted by atomic mass is 9.98. The number of aliphatic hydroxyl groups excluding tert-OH is 7. The molecule has 2 aliphatic heterocycles. The monoisotopic (exact) mass is 969 g/mol. The number of carbonyl (C=O) groups is 2. The number of unbranched alkanes of at least 4 members (excludes halogenated alkanes) is 18. The number of esters is 2. The van der Waals surface area contributed by atoms with E-state index in [0.29, 0.717) is 19.3 Å². The zero-order chi connectivity index (χ0) is 49.6. The maximum atomic E-state index is 13.0. The summed E-state index contributed by atoms with van der Waals surface area (Å²) in [5.41, 5.74) is 0. The van der Waals surface area contributed by atoms with E-state index in [-0.39, 0.29) is 19.4 Å². The van der Waals surface area contributed by atoms with Gasteiger partial charge in [0.25, 0.3) is 0 Å². The second-order valence-electron chi connectivity index (χ2n) is 18.3. The maximum Gasteiger partial charge on any atom is 0.306 e. The Bertz CT molecular complexity index is 1370. The van der Waals surface area contributed by atoms with Gasteiger partial charge in [-0.25, -0.2) is 0 Å². The molecule has 68 heavy (non-hydrogen) atoms. The summed E-state index contributed by atoms with van der Waals surface area (Å²) in [5, 5.41) is 72.1. The normalized spacial score (nSPS) is 26.1. The Hall–Kier alpha value is -2.54. The Morgan fingerprint density at radius 3 is 1.49 bits per heavy atom. The van der Waals surface area contributed by atoms with E-state index in [1.54, 1.807) is 0 Å². The highest BCUT2D eigenvalue weighted by molar-refractivity contribution is 5.70. The first-order chi connectivity index (χ1) is 33.0. The molecule has 0 saturated carbocycles. The second-order valence-corrected chi connectivity index (χ2v) is 18.3. The Balaban J connectivity index is 1.83. The molecule has 0 aromatic heterocycles. The minimum atomic E-state index is -1.77. The van der Waals surface area contributed by atoms with Crippen LogP contribution in [-0.2, 0) is 38.0 Å². The molecule has 15 nitrogen and oxygen atoms in total. The minimum absolute atomic E-state index is 0.145. The quantitative estimate of drug-likeness (QED) is 0.0179. The zero-order valence-corrected chi connectivity index (χ0v) is 41.6. The summed E-state index contributed by atoms with van der Waals surface area (Å²) in [5.74, 6) is -0.989. The van der Waals surface area contributed by atoms with Crippen LogP contribution in [0.5, 0.6) is 0 Å². The summed E-state index contributed by atoms with van der Waals surface area (Å²) in [7, 11) is 0. The molecule has 2 aliphatic rings. The van der Waals surface area contributed by atoms with Crippen LogP contribution in [-0.4, -0.2) is 142 Å². The van der Waals surface area contributed by atoms with Crippen LogP contribution >= 0.6 is 0 Å². The number of hydrogen-bond acceptors (Lipinski definition) is 15. The number of ether oxygens (including phenoxy) is 6. The summed E-state index contributed by atoms with van der Waals surface area (Å²) < 4.78 is 33.5. The van der Waals surface area contributed by atoms with Gasteiger partial charge in [0, 0.05) is 12.8 Å². The van der Waals surface area contributed by atoms with Gasteiger partial charge in [-0.2, -0.15) is 0 Å². The Morgan fingerprint density at radius 2 is 0.912 bits per heavy atom. The van der Waals surface area contributed by atoms with Crippen molar-refractivity contribution in [1.29, 1.82) is 0 Å². The summed E-state index contributed by atoms with van der Waals surface area (Å²) in [6, 6.07) is 0. The first-order valence-electron chi connectivity index (χ1n) is 26.2. The van der Waals surface area contributed by atoms with Crippen molar-refractivity contribution < 1.29 is 73.8 Å². The van der Waals surface area contributed by atoms with Crippen molar-refractivity contribution in [2.45, 2.75) is 248 Å². The third-order valence-electron chi connectivity index (χ3n) is 12.3. The van der Waals surface area contributed by atoms with Crippen LogP contribution in [0, 0.1) is 0 Å². The van der Waals surface area contributed by atoms with Crippen LogP contribution < -0.4 is 0 Å². The number of rotatable bonds is 40. The molecular weight excluding hydrogens is 877 g/mol. The maximum absolute atomic E-state index is 13.0. The smallest absolute Gasteiger partial charge is 0.306 e. The average molecular weight is 969 g/mol. The lowest BCUT2D eigenvalue weighted by Crippen LogP contribution is -2.61. The number of allylic oxidation sites excluding steroid dienone is 8. The Morgan fingerprint density at radius 1 is 0.471 bits per heavy atom. The van der Waals surface area contributed by atoms with E-state index < -0.39 is 99.3 Å². The summed E-state index contributed by atoms with van der Waals surface area (Å²) in [6.45, 7) is 2.50. The van der Waals surface area contributed by atoms with Gasteiger partial charge in [0.15, 0.2) is 18.7 Å². The third kappa shape index (κ3) is 27.7. The molecule has 11 atom stereocenters. The van der Waals surface area contributed by atoms with Crippen LogP contribution in [0.25, 0.3) is 0 Å². The van der Waals surface area contributed by atoms with E-state index in [2.05, 4.69) is 56.4 Å². The molecule has 2 fully saturated rings. The molecule has 0 aromatic rings. The van der Waals surface area contributed by atoms with Crippen molar-refractivity contribution in [2.24, 2.45) is 0 Å². The van der Waals surface area contributed by atoms with Crippen molar-refractivity contribution in [3.63, 3.8) is 0 Å². The van der Waals surface area contributed by atoms with Gasteiger partial charge in [-0.05, 0) is 64.2 Å². The second kappa shape index (κ2) is 40.1. The van der Waals surface area contributed by atoms with Crippen molar-refractivity contribution in [3.05, 3.63) is 48.6 Å². The van der Waals surface area contributed by atoms with Crippen LogP contribution in [0.2, 0.25) is 0 Å². The standard InChI is InChI=1S/C53H92O15/c1-3-5-7-9-11-13-15-17-19-20-22-23-25-27-29-31-33-35-44(55)63-38-41(66-45(56)36-34-32-30-28-26-24-21-18-16-14-12-10-8-6-4-2)39-64-52-51(62)49(60)47(58)43(68-52)40-65-53-50(61)48(59)46(57)42(37-54)67-53/h10,12,17,19,22-23,27,29,41-43,46-54,57-62H,3-9,11,13-16,18,20-21,24-26,28,30-40H2,1-2H3/b12-10+,19-17+,23-22+,29-27+/t41-,42+,43+,46-,47-,48?,49?,50?,51?,52+,53+/m0/s1. The summed E-state index contributed by atoms with van der Waals surface area (Å²) in [4.78, 5) is 25.7. The van der Waals surface area contributed by atoms with Crippen LogP contribution in [0.1, 0.15) is 181 Å². The molecule has 7 N–H and O–H groups in total. The fourth-order valence-corrected chi connectivity index (χ4v) is 7.92. The molecule has 0 spiro atoms. The molecule has 2 rings (SSSR count). The molecule has 4 unspecified atom stereocenters. The van der Waals surface area contributed by atoms with E-state index >= 15 is 0 Å². The van der Waals surface area contributed by atoms with Crippen LogP contribution in [0.3, 0.4) is 0 Å². The minimum Gasteiger partial charge on any atom is -0.462 e. The molecule has 2 saturated heterocycles. The molecule has 394 valence electrons. The van der Waals surface area contributed by atoms with Gasteiger partial charge < -0.3 is 64.2 Å². The third-order valence-corrected chi connectivity index (χ3v) is 12.3. The van der Waals surface area contributed by atoms with Gasteiger partial charge in [0.05, 0.1) is 19.8 Å². The highest BCUT2D eigenvalue weighted by Gasteiger charge is 2.47. The fourth-order valence-electron chi connectivity index (χ4n) is 7.92. The van der Waals surface area contributed by atoms with Crippen molar-refractivity contribution >= 4 is 11.9 Å². The van der Waals surface area contributed by atoms with Gasteiger partial charge in [0.1, 0.15) is 55.4 Å². The van der Waals surface area contributed by atoms with Gasteiger partial charge in [-0.3, -0.25) is 9.59 Å². The summed E-state index contributed by atoms with van der Waals surface area (Å²) >= 11 is 0. The SMILES string of the molecule is CCCC/C=C/CCCCCCCCCCCC(=O)O[C@@H](COC(=O)CCC/C=C/C/C=C/C/C=C/CCCCCCCC)CO[C@@H]1O[C@H](CO[C@@H]2O[C@H](CO)[C@H](O)C(O)C2O)[C@H](O)C(O)C1O. The van der Waals surface area contributed by atoms with E-state index in [4.69, 9.17) is 28.4 Å². The highest BCUT2D eigenvalue weighted by Crippen LogP contribution is 2.26. The van der Waals surface area contributed by atoms with Gasteiger partial charge in [0.2, 0.25) is 0 Å². The van der Waals surface area contributed by atoms with Crippen LogP contribution in [0.15, 0.2) is 48.6 Å². The molecule has 2 heterocycles. The molecule has 15 heteroatoms. The Labute approximate surface area is 408 Å². The predicted molar refractivity (Wildman–Crippen MR) is 261 cm³/mol. The first kappa shape index (κ1) is 61.6. The highest BCUT2D eigenvalue weighted by atomic mass is 16.7. The largest absolute Gasteiger partial charge is 0.462 e. The number of aliphatic hydroxyl groups is 7. The van der Waals surface area contributed by atoms with Crippen molar-refractivity contribution in [2.75, 3.05) is 26.4 Å². The topological polar surface area (TPSA) is 231 Å². The van der Waals surface area contributed by atoms with E-state index in [1.165, 1.54) is 83.5 Å². The summed E-state index contributed by atoms with van der Waals surface area (Å²) in [6.07, 6.45) is 27.1. The first-order valence-corrected chi connectivity index (χ1v) is 26.2. The molecule has 0 amide bonds. The molecule has 0 aliphatic carbocycles. The Kier molecular flexibility index (Phi) is 36.3. The average Bonchev–Trinajstić information content (AvgIpc) is 3.33. The van der Waals surface area contributed by atoms with Gasteiger partial charge in [-0.1, -0.05) is 152 Å². The fraction of sp³-hybridized carbons (Fsp3) is 0.811.